The van der Waals surface area contributed by atoms with Gasteiger partial charge in [-0.2, -0.15) is 5.10 Å². The van der Waals surface area contributed by atoms with E-state index < -0.39 is 0 Å². The van der Waals surface area contributed by atoms with E-state index in [4.69, 9.17) is 0 Å². The van der Waals surface area contributed by atoms with Crippen LogP contribution in [0.1, 0.15) is 29.7 Å². The van der Waals surface area contributed by atoms with Crippen molar-refractivity contribution >= 4 is 33.1 Å². The van der Waals surface area contributed by atoms with Crippen molar-refractivity contribution in [2.75, 3.05) is 5.32 Å². The number of nitrogens with one attached hydrogen (secondary N) is 2. The number of rotatable bonds is 4. The number of aromatic amines is 1. The minimum Gasteiger partial charge on any atom is -0.323 e. The third-order valence-electron chi connectivity index (χ3n) is 4.30. The highest BCUT2D eigenvalue weighted by molar-refractivity contribution is 7.18. The van der Waals surface area contributed by atoms with Crippen LogP contribution in [0.15, 0.2) is 23.5 Å². The van der Waals surface area contributed by atoms with E-state index in [0.717, 1.165) is 29.5 Å². The van der Waals surface area contributed by atoms with Gasteiger partial charge in [-0.25, -0.2) is 4.98 Å². The number of nitrogens with zero attached hydrogens (tertiary/aromatic N) is 3. The molecule has 4 rings (SSSR count). The molecule has 1 aliphatic rings. The summed E-state index contributed by atoms with van der Waals surface area (Å²) in [6.45, 7) is 0.316. The molecule has 2 N–H and O–H groups in total. The predicted octanol–water partition coefficient (Wildman–Crippen LogP) is 2.09. The number of amides is 1. The summed E-state index contributed by atoms with van der Waals surface area (Å²) in [6, 6.07) is 0. The summed E-state index contributed by atoms with van der Waals surface area (Å²) in [5, 5.41) is 9.89. The molecule has 7 nitrogen and oxygen atoms in total. The van der Waals surface area contributed by atoms with Crippen LogP contribution in [-0.4, -0.2) is 25.7 Å². The van der Waals surface area contributed by atoms with Gasteiger partial charge in [-0.15, -0.1) is 11.3 Å². The Morgan fingerprint density at radius 3 is 3.08 bits per heavy atom. The lowest BCUT2D eigenvalue weighted by Gasteiger charge is -2.10. The van der Waals surface area contributed by atoms with Gasteiger partial charge in [0.1, 0.15) is 4.83 Å². The fourth-order valence-electron chi connectivity index (χ4n) is 3.11. The molecule has 0 saturated heterocycles. The molecule has 0 fully saturated rings. The number of thiophene rings is 1. The standard InChI is InChI=1S/C16H17N5O2S/c22-13(20-10-7-18-19-8-10)5-6-21-9-17-15-14(16(21)23)11-3-1-2-4-12(11)24-15/h7-9H,1-6H2,(H,18,19)(H,20,22). The summed E-state index contributed by atoms with van der Waals surface area (Å²) < 4.78 is 1.54. The van der Waals surface area contributed by atoms with Crippen LogP contribution in [0.25, 0.3) is 10.2 Å². The molecule has 0 aromatic carbocycles. The van der Waals surface area contributed by atoms with Gasteiger partial charge < -0.3 is 5.32 Å². The highest BCUT2D eigenvalue weighted by Gasteiger charge is 2.20. The fourth-order valence-corrected chi connectivity index (χ4v) is 4.32. The van der Waals surface area contributed by atoms with Crippen LogP contribution in [0.3, 0.4) is 0 Å². The molecule has 8 heteroatoms. The minimum atomic E-state index is -0.157. The Morgan fingerprint density at radius 1 is 1.38 bits per heavy atom. The van der Waals surface area contributed by atoms with Crippen LogP contribution >= 0.6 is 11.3 Å². The smallest absolute Gasteiger partial charge is 0.262 e. The Labute approximate surface area is 141 Å². The van der Waals surface area contributed by atoms with Gasteiger partial charge in [-0.3, -0.25) is 19.3 Å². The molecule has 3 heterocycles. The second-order valence-corrected chi connectivity index (χ2v) is 7.00. The van der Waals surface area contributed by atoms with Crippen molar-refractivity contribution in [3.63, 3.8) is 0 Å². The van der Waals surface area contributed by atoms with Crippen molar-refractivity contribution in [1.29, 1.82) is 0 Å². The second kappa shape index (κ2) is 6.20. The molecule has 1 aliphatic carbocycles. The molecule has 24 heavy (non-hydrogen) atoms. The maximum absolute atomic E-state index is 12.8. The molecule has 0 aliphatic heterocycles. The average molecular weight is 343 g/mol. The molecular formula is C16H17N5O2S. The topological polar surface area (TPSA) is 92.7 Å². The Bertz CT molecular complexity index is 941. The van der Waals surface area contributed by atoms with Crippen molar-refractivity contribution in [1.82, 2.24) is 19.7 Å². The zero-order chi connectivity index (χ0) is 16.5. The summed E-state index contributed by atoms with van der Waals surface area (Å²) in [5.41, 5.74) is 1.76. The highest BCUT2D eigenvalue weighted by atomic mass is 32.1. The van der Waals surface area contributed by atoms with E-state index in [1.807, 2.05) is 0 Å². The molecule has 0 unspecified atom stereocenters. The summed E-state index contributed by atoms with van der Waals surface area (Å²) in [6.07, 6.45) is 9.22. The first kappa shape index (κ1) is 15.1. The van der Waals surface area contributed by atoms with Crippen molar-refractivity contribution in [3.8, 4) is 0 Å². The average Bonchev–Trinajstić information content (AvgIpc) is 3.21. The van der Waals surface area contributed by atoms with Crippen LogP contribution in [-0.2, 0) is 24.2 Å². The zero-order valence-corrected chi connectivity index (χ0v) is 13.9. The van der Waals surface area contributed by atoms with Crippen LogP contribution in [0.5, 0.6) is 0 Å². The van der Waals surface area contributed by atoms with Crippen LogP contribution < -0.4 is 10.9 Å². The number of hydrogen-bond acceptors (Lipinski definition) is 5. The van der Waals surface area contributed by atoms with E-state index in [1.165, 1.54) is 23.1 Å². The lowest BCUT2D eigenvalue weighted by molar-refractivity contribution is -0.116. The van der Waals surface area contributed by atoms with Crippen LogP contribution in [0.2, 0.25) is 0 Å². The molecule has 124 valence electrons. The summed E-state index contributed by atoms with van der Waals surface area (Å²) >= 11 is 1.64. The van der Waals surface area contributed by atoms with E-state index in [9.17, 15) is 9.59 Å². The monoisotopic (exact) mass is 343 g/mol. The largest absolute Gasteiger partial charge is 0.323 e. The lowest BCUT2D eigenvalue weighted by Crippen LogP contribution is -2.24. The Balaban J connectivity index is 1.55. The first-order valence-electron chi connectivity index (χ1n) is 8.00. The van der Waals surface area contributed by atoms with Gasteiger partial charge in [-0.05, 0) is 31.2 Å². The Kier molecular flexibility index (Phi) is 3.89. The maximum Gasteiger partial charge on any atom is 0.262 e. The zero-order valence-electron chi connectivity index (χ0n) is 13.0. The van der Waals surface area contributed by atoms with Crippen LogP contribution in [0.4, 0.5) is 5.69 Å². The summed E-state index contributed by atoms with van der Waals surface area (Å²) in [4.78, 5) is 31.3. The first-order valence-corrected chi connectivity index (χ1v) is 8.82. The second-order valence-electron chi connectivity index (χ2n) is 5.92. The number of carbonyl (C=O) groups is 1. The van der Waals surface area contributed by atoms with Gasteiger partial charge in [0.2, 0.25) is 5.91 Å². The molecule has 0 saturated carbocycles. The van der Waals surface area contributed by atoms with Crippen molar-refractivity contribution < 1.29 is 4.79 Å². The van der Waals surface area contributed by atoms with Gasteiger partial charge in [0.15, 0.2) is 0 Å². The number of carbonyl (C=O) groups excluding carboxylic acids is 1. The van der Waals surface area contributed by atoms with E-state index >= 15 is 0 Å². The number of fused-ring (bicyclic) bond motifs is 3. The molecule has 0 atom stereocenters. The lowest BCUT2D eigenvalue weighted by atomic mass is 9.97. The Morgan fingerprint density at radius 2 is 2.25 bits per heavy atom. The number of aromatic nitrogens is 4. The number of H-pyrrole nitrogens is 1. The third-order valence-corrected chi connectivity index (χ3v) is 5.50. The van der Waals surface area contributed by atoms with Gasteiger partial charge in [0.25, 0.3) is 5.56 Å². The molecule has 3 aromatic heterocycles. The fraction of sp³-hybridized carbons (Fsp3) is 0.375. The Hall–Kier alpha value is -2.48. The van der Waals surface area contributed by atoms with Crippen molar-refractivity contribution in [3.05, 3.63) is 39.5 Å². The van der Waals surface area contributed by atoms with Crippen LogP contribution in [0, 0.1) is 0 Å². The van der Waals surface area contributed by atoms with Crippen molar-refractivity contribution in [2.24, 2.45) is 0 Å². The molecule has 3 aromatic rings. The SMILES string of the molecule is O=C(CCn1cnc2sc3c(c2c1=O)CCCC3)Nc1cn[nH]c1. The van der Waals surface area contributed by atoms with Gasteiger partial charge >= 0.3 is 0 Å². The quantitative estimate of drug-likeness (QED) is 0.758. The first-order chi connectivity index (χ1) is 11.7. The molecule has 1 amide bonds. The van der Waals surface area contributed by atoms with Gasteiger partial charge in [-0.1, -0.05) is 0 Å². The van der Waals surface area contributed by atoms with E-state index in [1.54, 1.807) is 28.4 Å². The normalized spacial score (nSPS) is 13.8. The van der Waals surface area contributed by atoms with Crippen molar-refractivity contribution in [2.45, 2.75) is 38.6 Å². The third kappa shape index (κ3) is 2.73. The summed E-state index contributed by atoms with van der Waals surface area (Å²) in [5.74, 6) is -0.157. The van der Waals surface area contributed by atoms with Gasteiger partial charge in [0.05, 0.1) is 23.6 Å². The van der Waals surface area contributed by atoms with Gasteiger partial charge in [0, 0.05) is 24.0 Å². The molecule has 0 spiro atoms. The minimum absolute atomic E-state index is 0.0319. The number of hydrogen-bond donors (Lipinski definition) is 2. The summed E-state index contributed by atoms with van der Waals surface area (Å²) in [7, 11) is 0. The highest BCUT2D eigenvalue weighted by Crippen LogP contribution is 2.33. The van der Waals surface area contributed by atoms with E-state index in [2.05, 4.69) is 20.5 Å². The maximum atomic E-state index is 12.8. The number of anilines is 1. The van der Waals surface area contributed by atoms with E-state index in [0.29, 0.717) is 12.2 Å². The molecular weight excluding hydrogens is 326 g/mol. The van der Waals surface area contributed by atoms with E-state index in [-0.39, 0.29) is 17.9 Å². The number of aryl methyl sites for hydroxylation is 3. The molecule has 0 radical (unpaired) electrons. The molecule has 0 bridgehead atoms. The predicted molar refractivity (Wildman–Crippen MR) is 92.4 cm³/mol.